The van der Waals surface area contributed by atoms with Crippen molar-refractivity contribution in [3.05, 3.63) is 70.3 Å². The molecule has 4 nitrogen and oxygen atoms in total. The van der Waals surface area contributed by atoms with Crippen LogP contribution in [0.15, 0.2) is 42.5 Å². The maximum atomic E-state index is 12.3. The summed E-state index contributed by atoms with van der Waals surface area (Å²) in [5, 5.41) is 2.88. The van der Waals surface area contributed by atoms with E-state index in [9.17, 15) is 9.59 Å². The molecule has 1 N–H and O–H groups in total. The van der Waals surface area contributed by atoms with Gasteiger partial charge in [-0.2, -0.15) is 0 Å². The number of carbonyl (C=O) groups excluding carboxylic acids is 2. The van der Waals surface area contributed by atoms with Gasteiger partial charge in [0.1, 0.15) is 0 Å². The predicted octanol–water partition coefficient (Wildman–Crippen LogP) is 3.91. The van der Waals surface area contributed by atoms with E-state index in [2.05, 4.69) is 17.4 Å². The van der Waals surface area contributed by atoms with E-state index in [-0.39, 0.29) is 18.6 Å². The van der Waals surface area contributed by atoms with Gasteiger partial charge in [0.05, 0.1) is 5.56 Å². The Morgan fingerprint density at radius 1 is 1.04 bits per heavy atom. The quantitative estimate of drug-likeness (QED) is 0.768. The number of nitrogens with one attached hydrogen (secondary N) is 1. The van der Waals surface area contributed by atoms with E-state index in [1.54, 1.807) is 0 Å². The number of carbonyl (C=O) groups is 2. The summed E-state index contributed by atoms with van der Waals surface area (Å²) >= 11 is 0. The number of hydrogen-bond donors (Lipinski definition) is 1. The van der Waals surface area contributed by atoms with E-state index in [1.165, 1.54) is 5.56 Å². The van der Waals surface area contributed by atoms with Crippen LogP contribution in [0.3, 0.4) is 0 Å². The highest BCUT2D eigenvalue weighted by Gasteiger charge is 2.16. The van der Waals surface area contributed by atoms with Crippen molar-refractivity contribution in [2.45, 2.75) is 46.6 Å². The smallest absolute Gasteiger partial charge is 0.339 e. The van der Waals surface area contributed by atoms with Crippen molar-refractivity contribution in [1.29, 1.82) is 0 Å². The van der Waals surface area contributed by atoms with Crippen LogP contribution < -0.4 is 5.32 Å². The molecule has 2 rings (SSSR count). The van der Waals surface area contributed by atoms with Crippen LogP contribution >= 0.6 is 0 Å². The van der Waals surface area contributed by atoms with Gasteiger partial charge in [-0.05, 0) is 57.2 Å². The first kappa shape index (κ1) is 19.7. The van der Waals surface area contributed by atoms with E-state index in [1.807, 2.05) is 58.0 Å². The molecule has 0 aliphatic rings. The monoisotopic (exact) mass is 353 g/mol. The lowest BCUT2D eigenvalue weighted by Gasteiger charge is -2.15. The second kappa shape index (κ2) is 9.18. The number of benzene rings is 2. The fraction of sp³-hybridized carbons (Fsp3) is 0.364. The highest BCUT2D eigenvalue weighted by atomic mass is 16.5. The average molecular weight is 353 g/mol. The van der Waals surface area contributed by atoms with E-state index in [0.29, 0.717) is 5.56 Å². The van der Waals surface area contributed by atoms with Gasteiger partial charge >= 0.3 is 5.97 Å². The lowest BCUT2D eigenvalue weighted by atomic mass is 10.00. The van der Waals surface area contributed by atoms with Gasteiger partial charge in [0.25, 0.3) is 5.91 Å². The Morgan fingerprint density at radius 3 is 2.27 bits per heavy atom. The standard InChI is InChI=1S/C22H27NO3/c1-15-12-16(2)21(17(3)13-15)22(25)26-14-20(24)23-18(4)10-11-19-8-6-5-7-9-19/h5-9,12-13,18H,10-11,14H2,1-4H3,(H,23,24)/t18-/m1/s1. The van der Waals surface area contributed by atoms with Crippen LogP contribution in [0.25, 0.3) is 0 Å². The predicted molar refractivity (Wildman–Crippen MR) is 103 cm³/mol. The Bertz CT molecular complexity index is 745. The lowest BCUT2D eigenvalue weighted by Crippen LogP contribution is -2.36. The molecule has 0 saturated carbocycles. The van der Waals surface area contributed by atoms with Crippen molar-refractivity contribution in [3.8, 4) is 0 Å². The second-order valence-electron chi connectivity index (χ2n) is 6.84. The Morgan fingerprint density at radius 2 is 1.65 bits per heavy atom. The molecule has 1 atom stereocenters. The van der Waals surface area contributed by atoms with Gasteiger partial charge in [-0.3, -0.25) is 4.79 Å². The molecule has 0 aromatic heterocycles. The minimum absolute atomic E-state index is 0.0178. The second-order valence-corrected chi connectivity index (χ2v) is 6.84. The van der Waals surface area contributed by atoms with Crippen molar-refractivity contribution in [3.63, 3.8) is 0 Å². The number of aryl methyl sites for hydroxylation is 4. The normalized spacial score (nSPS) is 11.7. The van der Waals surface area contributed by atoms with Crippen molar-refractivity contribution in [1.82, 2.24) is 5.32 Å². The molecular weight excluding hydrogens is 326 g/mol. The molecule has 0 aliphatic heterocycles. The fourth-order valence-electron chi connectivity index (χ4n) is 3.12. The van der Waals surface area contributed by atoms with Crippen LogP contribution in [0.5, 0.6) is 0 Å². The zero-order valence-electron chi connectivity index (χ0n) is 16.0. The van der Waals surface area contributed by atoms with Crippen LogP contribution in [0.1, 0.15) is 46.0 Å². The molecule has 0 radical (unpaired) electrons. The molecule has 2 aromatic carbocycles. The van der Waals surface area contributed by atoms with Gasteiger partial charge in [-0.25, -0.2) is 4.79 Å². The highest BCUT2D eigenvalue weighted by Crippen LogP contribution is 2.17. The molecule has 0 saturated heterocycles. The highest BCUT2D eigenvalue weighted by molar-refractivity contribution is 5.94. The molecule has 0 unspecified atom stereocenters. The summed E-state index contributed by atoms with van der Waals surface area (Å²) < 4.78 is 5.20. The summed E-state index contributed by atoms with van der Waals surface area (Å²) in [6.07, 6.45) is 1.73. The van der Waals surface area contributed by atoms with Gasteiger partial charge in [0, 0.05) is 6.04 Å². The van der Waals surface area contributed by atoms with Crippen LogP contribution in [-0.2, 0) is 16.0 Å². The maximum absolute atomic E-state index is 12.3. The minimum atomic E-state index is -0.452. The third kappa shape index (κ3) is 5.73. The van der Waals surface area contributed by atoms with Gasteiger partial charge in [0.2, 0.25) is 0 Å². The van der Waals surface area contributed by atoms with Crippen LogP contribution in [0.4, 0.5) is 0 Å². The number of ether oxygens (including phenoxy) is 1. The Labute approximate surface area is 155 Å². The summed E-state index contributed by atoms with van der Waals surface area (Å²) in [4.78, 5) is 24.3. The number of rotatable bonds is 7. The maximum Gasteiger partial charge on any atom is 0.339 e. The zero-order chi connectivity index (χ0) is 19.1. The molecule has 0 spiro atoms. The first-order chi connectivity index (χ1) is 12.4. The molecule has 4 heteroatoms. The molecule has 0 aliphatic carbocycles. The van der Waals surface area contributed by atoms with Gasteiger partial charge in [-0.1, -0.05) is 48.0 Å². The van der Waals surface area contributed by atoms with Crippen molar-refractivity contribution >= 4 is 11.9 Å². The topological polar surface area (TPSA) is 55.4 Å². The summed E-state index contributed by atoms with van der Waals surface area (Å²) in [7, 11) is 0. The van der Waals surface area contributed by atoms with Crippen LogP contribution in [-0.4, -0.2) is 24.5 Å². The summed E-state index contributed by atoms with van der Waals surface area (Å²) in [6, 6.07) is 14.0. The van der Waals surface area contributed by atoms with E-state index >= 15 is 0 Å². The molecule has 0 fully saturated rings. The Hall–Kier alpha value is -2.62. The zero-order valence-corrected chi connectivity index (χ0v) is 16.0. The summed E-state index contributed by atoms with van der Waals surface area (Å²) in [5.74, 6) is -0.728. The van der Waals surface area contributed by atoms with Gasteiger partial charge < -0.3 is 10.1 Å². The third-order valence-corrected chi connectivity index (χ3v) is 4.33. The molecular formula is C22H27NO3. The van der Waals surface area contributed by atoms with E-state index < -0.39 is 5.97 Å². The van der Waals surface area contributed by atoms with Gasteiger partial charge in [-0.15, -0.1) is 0 Å². The summed E-state index contributed by atoms with van der Waals surface area (Å²) in [5.41, 5.74) is 4.61. The van der Waals surface area contributed by atoms with E-state index in [0.717, 1.165) is 29.5 Å². The SMILES string of the molecule is Cc1cc(C)c(C(=O)OCC(=O)N[C@H](C)CCc2ccccc2)c(C)c1. The number of hydrogen-bond acceptors (Lipinski definition) is 3. The first-order valence-electron chi connectivity index (χ1n) is 8.95. The molecule has 26 heavy (non-hydrogen) atoms. The summed E-state index contributed by atoms with van der Waals surface area (Å²) in [6.45, 7) is 7.43. The average Bonchev–Trinajstić information content (AvgIpc) is 2.58. The van der Waals surface area contributed by atoms with Crippen LogP contribution in [0, 0.1) is 20.8 Å². The minimum Gasteiger partial charge on any atom is -0.452 e. The number of amides is 1. The molecule has 138 valence electrons. The molecule has 1 amide bonds. The molecule has 0 heterocycles. The lowest BCUT2D eigenvalue weighted by molar-refractivity contribution is -0.124. The van der Waals surface area contributed by atoms with Crippen molar-refractivity contribution in [2.75, 3.05) is 6.61 Å². The molecule has 0 bridgehead atoms. The fourth-order valence-corrected chi connectivity index (χ4v) is 3.12. The third-order valence-electron chi connectivity index (χ3n) is 4.33. The van der Waals surface area contributed by atoms with Gasteiger partial charge in [0.15, 0.2) is 6.61 Å². The molecule has 2 aromatic rings. The largest absolute Gasteiger partial charge is 0.452 e. The Kier molecular flexibility index (Phi) is 6.96. The van der Waals surface area contributed by atoms with Crippen LogP contribution in [0.2, 0.25) is 0 Å². The first-order valence-corrected chi connectivity index (χ1v) is 8.95. The van der Waals surface area contributed by atoms with Crippen molar-refractivity contribution in [2.24, 2.45) is 0 Å². The Balaban J connectivity index is 1.80. The van der Waals surface area contributed by atoms with E-state index in [4.69, 9.17) is 4.74 Å². The number of esters is 1. The van der Waals surface area contributed by atoms with Crippen molar-refractivity contribution < 1.29 is 14.3 Å².